The van der Waals surface area contributed by atoms with Crippen molar-refractivity contribution in [2.75, 3.05) is 38.7 Å². The Hall–Kier alpha value is -2.59. The smallest absolute Gasteiger partial charge is 0.189 e. The zero-order valence-electron chi connectivity index (χ0n) is 21.2. The predicted octanol–water partition coefficient (Wildman–Crippen LogP) is 6.06. The van der Waals surface area contributed by atoms with Gasteiger partial charge in [0.2, 0.25) is 0 Å². The normalized spacial score (nSPS) is 23.5. The highest BCUT2D eigenvalue weighted by Crippen LogP contribution is 2.37. The molecule has 2 fully saturated rings. The number of hydrogen-bond acceptors (Lipinski definition) is 5. The number of benzene rings is 2. The van der Waals surface area contributed by atoms with Crippen LogP contribution in [0, 0.1) is 6.57 Å². The molecule has 188 valence electrons. The zero-order chi connectivity index (χ0) is 24.5. The van der Waals surface area contributed by atoms with E-state index < -0.39 is 0 Å². The van der Waals surface area contributed by atoms with Gasteiger partial charge in [0.05, 0.1) is 31.6 Å². The van der Waals surface area contributed by atoms with Gasteiger partial charge in [-0.2, -0.15) is 0 Å². The highest BCUT2D eigenvalue weighted by Gasteiger charge is 2.38. The van der Waals surface area contributed by atoms with Gasteiger partial charge < -0.3 is 19.5 Å². The summed E-state index contributed by atoms with van der Waals surface area (Å²) in [6.45, 7) is 13.9. The van der Waals surface area contributed by atoms with Crippen LogP contribution in [-0.4, -0.2) is 56.0 Å². The van der Waals surface area contributed by atoms with Gasteiger partial charge in [-0.05, 0) is 63.1 Å². The molecule has 2 aromatic rings. The Morgan fingerprint density at radius 2 is 1.77 bits per heavy atom. The lowest BCUT2D eigenvalue weighted by atomic mass is 9.79. The highest BCUT2D eigenvalue weighted by molar-refractivity contribution is 5.65. The van der Waals surface area contributed by atoms with Gasteiger partial charge in [0.25, 0.3) is 0 Å². The first kappa shape index (κ1) is 25.5. The Bertz CT molecular complexity index is 959. The van der Waals surface area contributed by atoms with Crippen molar-refractivity contribution in [3.8, 4) is 5.75 Å². The van der Waals surface area contributed by atoms with Crippen LogP contribution in [0.5, 0.6) is 5.75 Å². The van der Waals surface area contributed by atoms with Crippen LogP contribution in [0.15, 0.2) is 48.5 Å². The molecule has 0 unspecified atom stereocenters. The molecule has 0 spiro atoms. The van der Waals surface area contributed by atoms with Crippen molar-refractivity contribution in [2.45, 2.75) is 69.7 Å². The summed E-state index contributed by atoms with van der Waals surface area (Å²) in [5.41, 5.74) is 2.95. The molecule has 0 amide bonds. The molecule has 2 aromatic carbocycles. The maximum absolute atomic E-state index is 7.42. The SMILES string of the molecule is [C-]#[N+]c1ccc(OCc2ccccc2)c(NC2CCN([C@]3(C)CC[C@@H](OCCOC)CC3)CC2)c1. The molecule has 1 aliphatic heterocycles. The van der Waals surface area contributed by atoms with Crippen LogP contribution >= 0.6 is 0 Å². The lowest BCUT2D eigenvalue weighted by molar-refractivity contribution is -0.0398. The molecule has 1 saturated heterocycles. The molecular formula is C29H39N3O3. The van der Waals surface area contributed by atoms with Gasteiger partial charge in [-0.25, -0.2) is 4.85 Å². The Balaban J connectivity index is 1.30. The molecule has 0 radical (unpaired) electrons. The molecule has 2 aliphatic rings. The molecule has 35 heavy (non-hydrogen) atoms. The fraction of sp³-hybridized carbons (Fsp3) is 0.552. The van der Waals surface area contributed by atoms with E-state index in [4.69, 9.17) is 20.8 Å². The number of ether oxygens (including phenoxy) is 3. The summed E-state index contributed by atoms with van der Waals surface area (Å²) in [6.07, 6.45) is 7.18. The van der Waals surface area contributed by atoms with Gasteiger partial charge >= 0.3 is 0 Å². The van der Waals surface area contributed by atoms with Crippen molar-refractivity contribution in [1.29, 1.82) is 0 Å². The van der Waals surface area contributed by atoms with Gasteiger partial charge in [0, 0.05) is 31.8 Å². The monoisotopic (exact) mass is 477 g/mol. The first-order valence-corrected chi connectivity index (χ1v) is 12.9. The third kappa shape index (κ3) is 6.98. The second-order valence-corrected chi connectivity index (χ2v) is 10.0. The molecule has 0 bridgehead atoms. The van der Waals surface area contributed by atoms with Gasteiger partial charge in [0.15, 0.2) is 5.69 Å². The van der Waals surface area contributed by atoms with E-state index in [1.807, 2.05) is 36.4 Å². The topological polar surface area (TPSA) is 47.3 Å². The van der Waals surface area contributed by atoms with Crippen LogP contribution in [0.25, 0.3) is 4.85 Å². The molecule has 1 saturated carbocycles. The van der Waals surface area contributed by atoms with E-state index in [2.05, 4.69) is 34.1 Å². The van der Waals surface area contributed by atoms with Crippen LogP contribution < -0.4 is 10.1 Å². The van der Waals surface area contributed by atoms with Crippen molar-refractivity contribution in [2.24, 2.45) is 0 Å². The van der Waals surface area contributed by atoms with E-state index >= 15 is 0 Å². The van der Waals surface area contributed by atoms with Crippen molar-refractivity contribution in [1.82, 2.24) is 4.90 Å². The molecule has 6 heteroatoms. The maximum atomic E-state index is 7.42. The van der Waals surface area contributed by atoms with Crippen LogP contribution in [0.2, 0.25) is 0 Å². The van der Waals surface area contributed by atoms with Gasteiger partial charge in [-0.1, -0.05) is 36.4 Å². The highest BCUT2D eigenvalue weighted by atomic mass is 16.5. The molecule has 4 rings (SSSR count). The minimum Gasteiger partial charge on any atom is -0.487 e. The number of likely N-dealkylation sites (tertiary alicyclic amines) is 1. The fourth-order valence-electron chi connectivity index (χ4n) is 5.34. The summed E-state index contributed by atoms with van der Waals surface area (Å²) < 4.78 is 17.2. The van der Waals surface area contributed by atoms with Crippen LogP contribution in [0.4, 0.5) is 11.4 Å². The van der Waals surface area contributed by atoms with Gasteiger partial charge in [0.1, 0.15) is 12.4 Å². The molecular weight excluding hydrogens is 438 g/mol. The van der Waals surface area contributed by atoms with Gasteiger partial charge in [-0.3, -0.25) is 4.90 Å². The number of piperidine rings is 1. The second kappa shape index (κ2) is 12.4. The fourth-order valence-corrected chi connectivity index (χ4v) is 5.34. The number of nitrogens with one attached hydrogen (secondary N) is 1. The van der Waals surface area contributed by atoms with E-state index in [0.717, 1.165) is 55.8 Å². The van der Waals surface area contributed by atoms with E-state index in [0.29, 0.717) is 37.7 Å². The minimum atomic E-state index is 0.264. The van der Waals surface area contributed by atoms with E-state index in [1.165, 1.54) is 12.8 Å². The minimum absolute atomic E-state index is 0.264. The molecule has 1 aliphatic carbocycles. The summed E-state index contributed by atoms with van der Waals surface area (Å²) in [5, 5.41) is 3.71. The number of nitrogens with zero attached hydrogens (tertiary/aromatic N) is 2. The summed E-state index contributed by atoms with van der Waals surface area (Å²) in [4.78, 5) is 6.32. The molecule has 1 N–H and O–H groups in total. The van der Waals surface area contributed by atoms with Crippen LogP contribution in [0.3, 0.4) is 0 Å². The third-order valence-corrected chi connectivity index (χ3v) is 7.60. The summed E-state index contributed by atoms with van der Waals surface area (Å²) in [5.74, 6) is 0.808. The summed E-state index contributed by atoms with van der Waals surface area (Å²) in [7, 11) is 1.72. The molecule has 1 heterocycles. The summed E-state index contributed by atoms with van der Waals surface area (Å²) >= 11 is 0. The molecule has 0 atom stereocenters. The Labute approximate surface area is 210 Å². The maximum Gasteiger partial charge on any atom is 0.189 e. The second-order valence-electron chi connectivity index (χ2n) is 10.0. The summed E-state index contributed by atoms with van der Waals surface area (Å²) in [6, 6.07) is 16.2. The van der Waals surface area contributed by atoms with Crippen molar-refractivity contribution >= 4 is 11.4 Å². The first-order valence-electron chi connectivity index (χ1n) is 12.9. The predicted molar refractivity (Wildman–Crippen MR) is 140 cm³/mol. The molecule has 0 aromatic heterocycles. The van der Waals surface area contributed by atoms with Crippen molar-refractivity contribution in [3.05, 3.63) is 65.5 Å². The Kier molecular flexibility index (Phi) is 9.03. The first-order chi connectivity index (χ1) is 17.1. The number of methoxy groups -OCH3 is 1. The molecule has 6 nitrogen and oxygen atoms in total. The quantitative estimate of drug-likeness (QED) is 0.333. The number of anilines is 1. The van der Waals surface area contributed by atoms with E-state index in [9.17, 15) is 0 Å². The Morgan fingerprint density at radius 3 is 2.46 bits per heavy atom. The number of hydrogen-bond donors (Lipinski definition) is 1. The van der Waals surface area contributed by atoms with Crippen molar-refractivity contribution in [3.63, 3.8) is 0 Å². The standard InChI is InChI=1S/C29H39N3O3/c1-29(15-11-26(12-16-29)34-20-19-33-3)32-17-13-24(14-18-32)31-27-21-25(30-2)9-10-28(27)35-22-23-7-5-4-6-8-23/h4-10,21,24,26,31H,11-20,22H2,1,3H3/t26-,29-. The van der Waals surface area contributed by atoms with E-state index in [-0.39, 0.29) is 5.54 Å². The number of rotatable bonds is 10. The van der Waals surface area contributed by atoms with E-state index in [1.54, 1.807) is 7.11 Å². The average molecular weight is 478 g/mol. The third-order valence-electron chi connectivity index (χ3n) is 7.60. The lowest BCUT2D eigenvalue weighted by Crippen LogP contribution is -2.53. The zero-order valence-corrected chi connectivity index (χ0v) is 21.2. The Morgan fingerprint density at radius 1 is 1.03 bits per heavy atom. The van der Waals surface area contributed by atoms with Crippen molar-refractivity contribution < 1.29 is 14.2 Å². The lowest BCUT2D eigenvalue weighted by Gasteiger charge is -2.48. The van der Waals surface area contributed by atoms with Gasteiger partial charge in [-0.15, -0.1) is 0 Å². The van der Waals surface area contributed by atoms with Crippen LogP contribution in [0.1, 0.15) is 51.0 Å². The largest absolute Gasteiger partial charge is 0.487 e. The van der Waals surface area contributed by atoms with Crippen LogP contribution in [-0.2, 0) is 16.1 Å². The average Bonchev–Trinajstić information content (AvgIpc) is 2.90.